The fourth-order valence-electron chi connectivity index (χ4n) is 5.61. The number of para-hydroxylation sites is 1. The molecule has 3 heterocycles. The Kier molecular flexibility index (Phi) is 5.37. The second-order valence-corrected chi connectivity index (χ2v) is 9.97. The molecule has 2 atom stereocenters. The van der Waals surface area contributed by atoms with Crippen LogP contribution in [0.15, 0.2) is 72.8 Å². The number of nitrogens with zero attached hydrogens (tertiary/aromatic N) is 2. The first-order chi connectivity index (χ1) is 17.0. The van der Waals surface area contributed by atoms with Crippen molar-refractivity contribution in [3.63, 3.8) is 0 Å². The molecule has 1 N–H and O–H groups in total. The van der Waals surface area contributed by atoms with Gasteiger partial charge in [0.05, 0.1) is 12.6 Å². The van der Waals surface area contributed by atoms with Crippen LogP contribution in [0.5, 0.6) is 0 Å². The van der Waals surface area contributed by atoms with Crippen molar-refractivity contribution in [2.45, 2.75) is 31.8 Å². The molecule has 2 amide bonds. The molecule has 0 aliphatic carbocycles. The summed E-state index contributed by atoms with van der Waals surface area (Å²) in [6.45, 7) is 2.66. The Bertz CT molecular complexity index is 1440. The van der Waals surface area contributed by atoms with E-state index in [0.717, 1.165) is 38.9 Å². The summed E-state index contributed by atoms with van der Waals surface area (Å²) in [7, 11) is 0. The number of aryl methyl sites for hydroxylation is 1. The van der Waals surface area contributed by atoms with Gasteiger partial charge >= 0.3 is 0 Å². The van der Waals surface area contributed by atoms with Gasteiger partial charge in [-0.15, -0.1) is 0 Å². The quantitative estimate of drug-likeness (QED) is 0.441. The number of carbonyl (C=O) groups excluding carboxylic acids is 2. The highest BCUT2D eigenvalue weighted by molar-refractivity contribution is 6.30. The van der Waals surface area contributed by atoms with Gasteiger partial charge in [0, 0.05) is 34.6 Å². The van der Waals surface area contributed by atoms with Gasteiger partial charge in [0.1, 0.15) is 6.04 Å². The van der Waals surface area contributed by atoms with Crippen LogP contribution in [0.2, 0.25) is 5.02 Å². The summed E-state index contributed by atoms with van der Waals surface area (Å²) in [5.74, 6) is 0.00802. The summed E-state index contributed by atoms with van der Waals surface area (Å²) in [4.78, 5) is 34.6. The molecule has 2 aliphatic rings. The predicted octanol–water partition coefficient (Wildman–Crippen LogP) is 5.06. The van der Waals surface area contributed by atoms with E-state index in [9.17, 15) is 9.59 Å². The third-order valence-electron chi connectivity index (χ3n) is 7.28. The van der Waals surface area contributed by atoms with Gasteiger partial charge in [-0.3, -0.25) is 9.59 Å². The standard InChI is InChI=1S/C29H26ClN3O2/c1-18-5-4-6-20(15-18)28-27-23(22-7-2-3-8-24(22)31-27)16-25-29(35)32(17-26(34)33(25)28)14-13-19-9-11-21(30)12-10-19/h2-12,15,25,28,31H,13-14,16-17H2,1H3. The minimum absolute atomic E-state index is 0.0125. The number of hydrogen-bond acceptors (Lipinski definition) is 2. The highest BCUT2D eigenvalue weighted by atomic mass is 35.5. The minimum atomic E-state index is -0.515. The van der Waals surface area contributed by atoms with Crippen LogP contribution in [0.3, 0.4) is 0 Å². The van der Waals surface area contributed by atoms with Gasteiger partial charge < -0.3 is 14.8 Å². The first kappa shape index (κ1) is 21.9. The molecule has 35 heavy (non-hydrogen) atoms. The number of aromatic amines is 1. The van der Waals surface area contributed by atoms with Gasteiger partial charge in [0.15, 0.2) is 0 Å². The summed E-state index contributed by atoms with van der Waals surface area (Å²) in [6, 6.07) is 23.3. The highest BCUT2D eigenvalue weighted by Crippen LogP contribution is 2.42. The van der Waals surface area contributed by atoms with Crippen molar-refractivity contribution < 1.29 is 9.59 Å². The van der Waals surface area contributed by atoms with Crippen molar-refractivity contribution in [2.24, 2.45) is 0 Å². The molecule has 6 heteroatoms. The summed E-state index contributed by atoms with van der Waals surface area (Å²) >= 11 is 6.01. The molecule has 3 aromatic carbocycles. The SMILES string of the molecule is Cc1cccc(C2c3[nH]c4ccccc4c3CC3C(=O)N(CCc4ccc(Cl)cc4)CC(=O)N32)c1. The predicted molar refractivity (Wildman–Crippen MR) is 137 cm³/mol. The molecular formula is C29H26ClN3O2. The lowest BCUT2D eigenvalue weighted by Gasteiger charge is -2.47. The van der Waals surface area contributed by atoms with Crippen LogP contribution < -0.4 is 0 Å². The number of amides is 2. The maximum atomic E-state index is 13.8. The molecule has 4 aromatic rings. The summed E-state index contributed by atoms with van der Waals surface area (Å²) in [5, 5.41) is 1.81. The molecule has 2 unspecified atom stereocenters. The van der Waals surface area contributed by atoms with Gasteiger partial charge in [0.2, 0.25) is 11.8 Å². The number of benzene rings is 3. The van der Waals surface area contributed by atoms with Crippen LogP contribution in [0.1, 0.15) is 34.0 Å². The van der Waals surface area contributed by atoms with E-state index in [1.807, 2.05) is 47.4 Å². The third-order valence-corrected chi connectivity index (χ3v) is 7.54. The first-order valence-electron chi connectivity index (χ1n) is 12.0. The third kappa shape index (κ3) is 3.80. The number of aromatic nitrogens is 1. The Hall–Kier alpha value is -3.57. The molecule has 6 rings (SSSR count). The van der Waals surface area contributed by atoms with Crippen molar-refractivity contribution in [1.82, 2.24) is 14.8 Å². The lowest BCUT2D eigenvalue weighted by Crippen LogP contribution is -2.63. The zero-order valence-electron chi connectivity index (χ0n) is 19.5. The maximum Gasteiger partial charge on any atom is 0.246 e. The van der Waals surface area contributed by atoms with Gasteiger partial charge in [0.25, 0.3) is 0 Å². The summed E-state index contributed by atoms with van der Waals surface area (Å²) in [5.41, 5.74) is 6.44. The Morgan fingerprint density at radius 2 is 1.80 bits per heavy atom. The van der Waals surface area contributed by atoms with Crippen LogP contribution >= 0.6 is 11.6 Å². The molecule has 5 nitrogen and oxygen atoms in total. The number of carbonyl (C=O) groups is 2. The summed E-state index contributed by atoms with van der Waals surface area (Å²) < 4.78 is 0. The molecule has 176 valence electrons. The molecule has 0 bridgehead atoms. The van der Waals surface area contributed by atoms with Gasteiger partial charge in [-0.25, -0.2) is 0 Å². The smallest absolute Gasteiger partial charge is 0.246 e. The number of rotatable bonds is 4. The molecule has 1 saturated heterocycles. The van der Waals surface area contributed by atoms with E-state index in [1.54, 1.807) is 4.90 Å². The van der Waals surface area contributed by atoms with Crippen molar-refractivity contribution in [3.05, 3.63) is 106 Å². The summed E-state index contributed by atoms with van der Waals surface area (Å²) in [6.07, 6.45) is 1.20. The normalized spacial score (nSPS) is 19.7. The van der Waals surface area contributed by atoms with Crippen molar-refractivity contribution in [2.75, 3.05) is 13.1 Å². The second kappa shape index (κ2) is 8.58. The van der Waals surface area contributed by atoms with E-state index >= 15 is 0 Å². The van der Waals surface area contributed by atoms with Crippen LogP contribution in [0, 0.1) is 6.92 Å². The number of piperazine rings is 1. The topological polar surface area (TPSA) is 56.4 Å². The van der Waals surface area contributed by atoms with Crippen molar-refractivity contribution in [1.29, 1.82) is 0 Å². The van der Waals surface area contributed by atoms with E-state index in [-0.39, 0.29) is 24.4 Å². The first-order valence-corrected chi connectivity index (χ1v) is 12.4. The minimum Gasteiger partial charge on any atom is -0.356 e. The van der Waals surface area contributed by atoms with E-state index in [4.69, 9.17) is 11.6 Å². The monoisotopic (exact) mass is 483 g/mol. The van der Waals surface area contributed by atoms with Crippen LogP contribution in [0.4, 0.5) is 0 Å². The molecular weight excluding hydrogens is 458 g/mol. The number of H-pyrrole nitrogens is 1. The molecule has 1 fully saturated rings. The number of nitrogens with one attached hydrogen (secondary N) is 1. The van der Waals surface area contributed by atoms with E-state index in [0.29, 0.717) is 24.4 Å². The molecule has 0 saturated carbocycles. The molecule has 2 aliphatic heterocycles. The number of fused-ring (bicyclic) bond motifs is 4. The van der Waals surface area contributed by atoms with Gasteiger partial charge in [-0.1, -0.05) is 71.8 Å². The average Bonchev–Trinajstić information content (AvgIpc) is 3.23. The van der Waals surface area contributed by atoms with E-state index < -0.39 is 6.04 Å². The number of halogens is 1. The second-order valence-electron chi connectivity index (χ2n) is 9.54. The van der Waals surface area contributed by atoms with E-state index in [2.05, 4.69) is 42.2 Å². The molecule has 0 radical (unpaired) electrons. The Labute approximate surface area is 209 Å². The average molecular weight is 484 g/mol. The Balaban J connectivity index is 1.38. The zero-order chi connectivity index (χ0) is 24.1. The van der Waals surface area contributed by atoms with Gasteiger partial charge in [-0.2, -0.15) is 0 Å². The van der Waals surface area contributed by atoms with Crippen LogP contribution in [-0.4, -0.2) is 45.7 Å². The molecule has 0 spiro atoms. The largest absolute Gasteiger partial charge is 0.356 e. The highest BCUT2D eigenvalue weighted by Gasteiger charge is 2.48. The Morgan fingerprint density at radius 3 is 2.60 bits per heavy atom. The fourth-order valence-corrected chi connectivity index (χ4v) is 5.74. The lowest BCUT2D eigenvalue weighted by atomic mass is 9.86. The van der Waals surface area contributed by atoms with Crippen LogP contribution in [-0.2, 0) is 22.4 Å². The van der Waals surface area contributed by atoms with E-state index in [1.165, 1.54) is 0 Å². The Morgan fingerprint density at radius 1 is 1.00 bits per heavy atom. The maximum absolute atomic E-state index is 13.8. The van der Waals surface area contributed by atoms with Crippen molar-refractivity contribution in [3.8, 4) is 0 Å². The lowest BCUT2D eigenvalue weighted by molar-refractivity contribution is -0.158. The zero-order valence-corrected chi connectivity index (χ0v) is 20.3. The molecule has 1 aromatic heterocycles. The fraction of sp³-hybridized carbons (Fsp3) is 0.241. The number of hydrogen-bond donors (Lipinski definition) is 1. The van der Waals surface area contributed by atoms with Crippen molar-refractivity contribution >= 4 is 34.3 Å². The van der Waals surface area contributed by atoms with Gasteiger partial charge in [-0.05, 0) is 48.2 Å². The van der Waals surface area contributed by atoms with Crippen LogP contribution in [0.25, 0.3) is 10.9 Å².